The zero-order valence-corrected chi connectivity index (χ0v) is 12.4. The van der Waals surface area contributed by atoms with Crippen LogP contribution >= 0.6 is 0 Å². The van der Waals surface area contributed by atoms with Crippen LogP contribution in [0, 0.1) is 0 Å². The molecule has 1 heterocycles. The highest BCUT2D eigenvalue weighted by Gasteiger charge is 2.45. The van der Waals surface area contributed by atoms with Crippen LogP contribution in [0.2, 0.25) is 0 Å². The van der Waals surface area contributed by atoms with E-state index in [0.717, 1.165) is 5.56 Å². The second kappa shape index (κ2) is 4.96. The number of hydrogen-bond acceptors (Lipinski definition) is 3. The van der Waals surface area contributed by atoms with Crippen molar-refractivity contribution in [3.8, 4) is 0 Å². The zero-order valence-electron chi connectivity index (χ0n) is 11.6. The lowest BCUT2D eigenvalue weighted by Crippen LogP contribution is -2.42. The second-order valence-corrected chi connectivity index (χ2v) is 7.76. The molecule has 104 valence electrons. The SMILES string of the molecule is C[C@@H]1[C@H](c2ccccc2)OC(=O)N1[S@](=O)C(C)(C)C. The Hall–Kier alpha value is -1.36. The molecule has 0 spiro atoms. The van der Waals surface area contributed by atoms with Gasteiger partial charge in [-0.25, -0.2) is 13.3 Å². The van der Waals surface area contributed by atoms with Gasteiger partial charge in [0.15, 0.2) is 6.10 Å². The average Bonchev–Trinajstić information content (AvgIpc) is 2.64. The molecule has 0 aromatic heterocycles. The number of carbonyl (C=O) groups excluding carboxylic acids is 1. The van der Waals surface area contributed by atoms with Crippen molar-refractivity contribution in [1.82, 2.24) is 4.31 Å². The summed E-state index contributed by atoms with van der Waals surface area (Å²) in [7, 11) is -1.41. The van der Waals surface area contributed by atoms with Crippen molar-refractivity contribution in [1.29, 1.82) is 0 Å². The van der Waals surface area contributed by atoms with E-state index in [2.05, 4.69) is 0 Å². The van der Waals surface area contributed by atoms with Crippen LogP contribution in [-0.4, -0.2) is 25.4 Å². The van der Waals surface area contributed by atoms with Gasteiger partial charge in [0.05, 0.1) is 10.8 Å². The summed E-state index contributed by atoms with van der Waals surface area (Å²) in [6.45, 7) is 7.41. The first-order valence-corrected chi connectivity index (χ1v) is 7.40. The van der Waals surface area contributed by atoms with Gasteiger partial charge in [-0.1, -0.05) is 30.3 Å². The Bertz CT molecular complexity index is 495. The molecule has 2 rings (SSSR count). The smallest absolute Gasteiger partial charge is 0.422 e. The van der Waals surface area contributed by atoms with Gasteiger partial charge >= 0.3 is 6.09 Å². The summed E-state index contributed by atoms with van der Waals surface area (Å²) in [4.78, 5) is 12.0. The van der Waals surface area contributed by atoms with E-state index in [9.17, 15) is 9.00 Å². The lowest BCUT2D eigenvalue weighted by molar-refractivity contribution is 0.133. The van der Waals surface area contributed by atoms with Crippen molar-refractivity contribution in [3.63, 3.8) is 0 Å². The summed E-state index contributed by atoms with van der Waals surface area (Å²) < 4.78 is 18.6. The molecule has 0 bridgehead atoms. The average molecular weight is 281 g/mol. The van der Waals surface area contributed by atoms with Crippen LogP contribution in [0.5, 0.6) is 0 Å². The molecule has 4 nitrogen and oxygen atoms in total. The first kappa shape index (κ1) is 14.1. The number of hydrogen-bond donors (Lipinski definition) is 0. The number of benzene rings is 1. The summed E-state index contributed by atoms with van der Waals surface area (Å²) in [5.74, 6) is 0. The van der Waals surface area contributed by atoms with Crippen LogP contribution in [0.15, 0.2) is 30.3 Å². The van der Waals surface area contributed by atoms with Crippen LogP contribution in [0.3, 0.4) is 0 Å². The Kier molecular flexibility index (Phi) is 3.67. The molecule has 5 heteroatoms. The summed E-state index contributed by atoms with van der Waals surface area (Å²) in [6.07, 6.45) is -0.866. The minimum atomic E-state index is -1.41. The minimum absolute atomic E-state index is 0.241. The van der Waals surface area contributed by atoms with Gasteiger partial charge in [0, 0.05) is 0 Å². The number of cyclic esters (lactones) is 1. The standard InChI is InChI=1S/C14H19NO3S/c1-10-12(11-8-6-5-7-9-11)18-13(16)15(10)19(17)14(2,3)4/h5-10,12H,1-4H3/t10-,12-,19-/m1/s1. The number of ether oxygens (including phenoxy) is 1. The predicted molar refractivity (Wildman–Crippen MR) is 74.9 cm³/mol. The van der Waals surface area contributed by atoms with Gasteiger partial charge in [-0.2, -0.15) is 0 Å². The summed E-state index contributed by atoms with van der Waals surface area (Å²) in [5, 5.41) is 0. The van der Waals surface area contributed by atoms with Crippen LogP contribution in [0.25, 0.3) is 0 Å². The van der Waals surface area contributed by atoms with Gasteiger partial charge in [-0.3, -0.25) is 0 Å². The second-order valence-electron chi connectivity index (χ2n) is 5.64. The Morgan fingerprint density at radius 1 is 1.21 bits per heavy atom. The molecular weight excluding hydrogens is 262 g/mol. The maximum atomic E-state index is 12.4. The van der Waals surface area contributed by atoms with E-state index in [0.29, 0.717) is 0 Å². The molecule has 1 saturated heterocycles. The van der Waals surface area contributed by atoms with Crippen LogP contribution in [0.4, 0.5) is 4.79 Å². The highest BCUT2D eigenvalue weighted by Crippen LogP contribution is 2.35. The fourth-order valence-electron chi connectivity index (χ4n) is 2.05. The highest BCUT2D eigenvalue weighted by atomic mass is 32.2. The fourth-order valence-corrected chi connectivity index (χ4v) is 3.23. The Morgan fingerprint density at radius 3 is 2.32 bits per heavy atom. The third-order valence-corrected chi connectivity index (χ3v) is 4.93. The lowest BCUT2D eigenvalue weighted by Gasteiger charge is -2.27. The third-order valence-electron chi connectivity index (χ3n) is 3.05. The van der Waals surface area contributed by atoms with E-state index < -0.39 is 21.8 Å². The summed E-state index contributed by atoms with van der Waals surface area (Å²) >= 11 is 0. The van der Waals surface area contributed by atoms with Crippen molar-refractivity contribution in [2.75, 3.05) is 0 Å². The van der Waals surface area contributed by atoms with E-state index in [4.69, 9.17) is 4.74 Å². The summed E-state index contributed by atoms with van der Waals surface area (Å²) in [5.41, 5.74) is 0.928. The monoisotopic (exact) mass is 281 g/mol. The maximum absolute atomic E-state index is 12.4. The van der Waals surface area contributed by atoms with E-state index in [1.54, 1.807) is 0 Å². The largest absolute Gasteiger partial charge is 0.438 e. The van der Waals surface area contributed by atoms with Gasteiger partial charge in [0.2, 0.25) is 0 Å². The topological polar surface area (TPSA) is 46.6 Å². The maximum Gasteiger partial charge on any atom is 0.422 e. The molecule has 1 aromatic carbocycles. The van der Waals surface area contributed by atoms with Gasteiger partial charge in [0.1, 0.15) is 11.0 Å². The first-order valence-electron chi connectivity index (χ1n) is 6.29. The molecule has 3 atom stereocenters. The molecule has 0 aliphatic carbocycles. The number of carbonyl (C=O) groups is 1. The molecule has 19 heavy (non-hydrogen) atoms. The van der Waals surface area contributed by atoms with Crippen LogP contribution < -0.4 is 0 Å². The van der Waals surface area contributed by atoms with Gasteiger partial charge < -0.3 is 4.74 Å². The Labute approximate surface area is 116 Å². The predicted octanol–water partition coefficient (Wildman–Crippen LogP) is 3.03. The van der Waals surface area contributed by atoms with E-state index in [-0.39, 0.29) is 12.1 Å². The van der Waals surface area contributed by atoms with Crippen LogP contribution in [-0.2, 0) is 15.7 Å². The number of rotatable bonds is 2. The first-order chi connectivity index (χ1) is 8.82. The normalized spacial score (nSPS) is 25.3. The molecule has 0 radical (unpaired) electrons. The van der Waals surface area contributed by atoms with Gasteiger partial charge in [-0.15, -0.1) is 0 Å². The quantitative estimate of drug-likeness (QED) is 0.837. The molecule has 1 aliphatic heterocycles. The number of nitrogens with zero attached hydrogens (tertiary/aromatic N) is 1. The molecule has 1 aromatic rings. The molecule has 0 N–H and O–H groups in total. The molecular formula is C14H19NO3S. The molecule has 1 aliphatic rings. The van der Waals surface area contributed by atoms with Crippen molar-refractivity contribution in [2.24, 2.45) is 0 Å². The van der Waals surface area contributed by atoms with E-state index in [1.165, 1.54) is 4.31 Å². The fraction of sp³-hybridized carbons (Fsp3) is 0.500. The number of amides is 1. The highest BCUT2D eigenvalue weighted by molar-refractivity contribution is 7.84. The molecule has 1 fully saturated rings. The van der Waals surface area contributed by atoms with Crippen molar-refractivity contribution < 1.29 is 13.7 Å². The van der Waals surface area contributed by atoms with Crippen LogP contribution in [0.1, 0.15) is 39.4 Å². The Balaban J connectivity index is 2.27. The van der Waals surface area contributed by atoms with Crippen molar-refractivity contribution >= 4 is 17.1 Å². The minimum Gasteiger partial charge on any atom is -0.438 e. The van der Waals surface area contributed by atoms with Gasteiger partial charge in [-0.05, 0) is 33.3 Å². The molecule has 0 saturated carbocycles. The van der Waals surface area contributed by atoms with Gasteiger partial charge in [0.25, 0.3) is 0 Å². The van der Waals surface area contributed by atoms with E-state index >= 15 is 0 Å². The van der Waals surface area contributed by atoms with Crippen molar-refractivity contribution in [3.05, 3.63) is 35.9 Å². The lowest BCUT2D eigenvalue weighted by atomic mass is 10.0. The summed E-state index contributed by atoms with van der Waals surface area (Å²) in [6, 6.07) is 9.31. The molecule has 0 unspecified atom stereocenters. The van der Waals surface area contributed by atoms with E-state index in [1.807, 2.05) is 58.0 Å². The van der Waals surface area contributed by atoms with Crippen molar-refractivity contribution in [2.45, 2.75) is 44.6 Å². The Morgan fingerprint density at radius 2 is 1.79 bits per heavy atom. The molecule has 1 amide bonds. The third kappa shape index (κ3) is 2.66. The zero-order chi connectivity index (χ0) is 14.2.